The third kappa shape index (κ3) is 4.91. The minimum absolute atomic E-state index is 0.279. The van der Waals surface area contributed by atoms with Crippen molar-refractivity contribution in [3.63, 3.8) is 0 Å². The summed E-state index contributed by atoms with van der Waals surface area (Å²) < 4.78 is 38.6. The largest absolute Gasteiger partial charge is 0.744 e. The van der Waals surface area contributed by atoms with E-state index in [4.69, 9.17) is 0 Å². The lowest BCUT2D eigenvalue weighted by Gasteiger charge is -2.12. The van der Waals surface area contributed by atoms with E-state index in [9.17, 15) is 18.2 Å². The van der Waals surface area contributed by atoms with Crippen LogP contribution in [-0.4, -0.2) is 13.0 Å². The normalized spacial score (nSPS) is 12.0. The second-order valence-electron chi connectivity index (χ2n) is 5.09. The molecular formula is C16H14O6S2-2. The Kier molecular flexibility index (Phi) is 6.16. The van der Waals surface area contributed by atoms with Gasteiger partial charge in [0.15, 0.2) is 0 Å². The SMILES string of the molecule is Cc1ccc(/C=C/c2ccc(C)cc2S(=O)(=O)[O-])c(SOO[O-])c1. The van der Waals surface area contributed by atoms with E-state index < -0.39 is 10.1 Å². The zero-order chi connectivity index (χ0) is 17.7. The average molecular weight is 366 g/mol. The zero-order valence-corrected chi connectivity index (χ0v) is 14.5. The molecule has 6 nitrogen and oxygen atoms in total. The Hall–Kier alpha value is -1.68. The van der Waals surface area contributed by atoms with Crippen molar-refractivity contribution in [1.82, 2.24) is 0 Å². The van der Waals surface area contributed by atoms with Gasteiger partial charge in [-0.1, -0.05) is 36.4 Å². The van der Waals surface area contributed by atoms with E-state index in [1.807, 2.05) is 13.0 Å². The van der Waals surface area contributed by atoms with Crippen LogP contribution in [0.3, 0.4) is 0 Å². The predicted molar refractivity (Wildman–Crippen MR) is 87.3 cm³/mol. The van der Waals surface area contributed by atoms with Gasteiger partial charge in [-0.15, -0.1) is 0 Å². The molecule has 0 amide bonds. The first-order valence-electron chi connectivity index (χ1n) is 6.79. The molecule has 8 heteroatoms. The summed E-state index contributed by atoms with van der Waals surface area (Å²) in [5.41, 5.74) is 2.59. The molecule has 0 N–H and O–H groups in total. The van der Waals surface area contributed by atoms with Gasteiger partial charge in [0.25, 0.3) is 0 Å². The highest BCUT2D eigenvalue weighted by atomic mass is 32.2. The predicted octanol–water partition coefficient (Wildman–Crippen LogP) is 2.61. The maximum Gasteiger partial charge on any atom is 0.125 e. The second-order valence-corrected chi connectivity index (χ2v) is 7.18. The molecule has 0 atom stereocenters. The Balaban J connectivity index is 2.42. The molecule has 24 heavy (non-hydrogen) atoms. The molecule has 0 bridgehead atoms. The summed E-state index contributed by atoms with van der Waals surface area (Å²) in [6.45, 7) is 3.58. The molecule has 0 saturated carbocycles. The standard InChI is InChI=1S/C16H16O6S2/c1-11-3-5-13(15(9-11)23-22-21-17)7-8-14-6-4-12(2)10-16(14)24(18,19)20/h3-10,17H,1-2H3,(H,18,19,20)/p-2/b8-7+. The van der Waals surface area contributed by atoms with Crippen molar-refractivity contribution in [3.05, 3.63) is 58.7 Å². The Bertz CT molecular complexity index is 859. The van der Waals surface area contributed by atoms with E-state index in [1.165, 1.54) is 12.1 Å². The first kappa shape index (κ1) is 18.7. The summed E-state index contributed by atoms with van der Waals surface area (Å²) in [7, 11) is -4.58. The highest BCUT2D eigenvalue weighted by Gasteiger charge is 2.08. The van der Waals surface area contributed by atoms with Crippen molar-refractivity contribution in [2.45, 2.75) is 23.6 Å². The molecule has 2 rings (SSSR count). The van der Waals surface area contributed by atoms with E-state index in [-0.39, 0.29) is 10.5 Å². The molecule has 0 heterocycles. The lowest BCUT2D eigenvalue weighted by molar-refractivity contribution is -0.777. The highest BCUT2D eigenvalue weighted by Crippen LogP contribution is 2.27. The Morgan fingerprint density at radius 1 is 1.00 bits per heavy atom. The number of aryl methyl sites for hydroxylation is 2. The van der Waals surface area contributed by atoms with Crippen molar-refractivity contribution in [2.24, 2.45) is 0 Å². The molecule has 0 aliphatic heterocycles. The maximum absolute atomic E-state index is 11.4. The molecular weight excluding hydrogens is 352 g/mol. The topological polar surface area (TPSA) is 98.7 Å². The van der Waals surface area contributed by atoms with Gasteiger partial charge in [0, 0.05) is 4.90 Å². The fourth-order valence-electron chi connectivity index (χ4n) is 2.08. The van der Waals surface area contributed by atoms with Crippen LogP contribution in [0.2, 0.25) is 0 Å². The molecule has 2 aromatic carbocycles. The van der Waals surface area contributed by atoms with Crippen molar-refractivity contribution in [1.29, 1.82) is 0 Å². The quantitative estimate of drug-likeness (QED) is 0.255. The first-order valence-corrected chi connectivity index (χ1v) is 8.94. The van der Waals surface area contributed by atoms with Crippen LogP contribution >= 0.6 is 12.0 Å². The van der Waals surface area contributed by atoms with E-state index >= 15 is 0 Å². The van der Waals surface area contributed by atoms with E-state index in [2.05, 4.69) is 9.37 Å². The third-order valence-electron chi connectivity index (χ3n) is 3.20. The Morgan fingerprint density at radius 3 is 2.21 bits per heavy atom. The minimum atomic E-state index is -4.58. The molecule has 128 valence electrons. The lowest BCUT2D eigenvalue weighted by Crippen LogP contribution is -2.02. The summed E-state index contributed by atoms with van der Waals surface area (Å²) in [5, 5.41) is 13.4. The number of rotatable bonds is 6. The van der Waals surface area contributed by atoms with Crippen LogP contribution in [0.5, 0.6) is 0 Å². The molecule has 0 radical (unpaired) electrons. The lowest BCUT2D eigenvalue weighted by atomic mass is 10.1. The summed E-state index contributed by atoms with van der Waals surface area (Å²) in [4.78, 5) is 0.333. The average Bonchev–Trinajstić information content (AvgIpc) is 2.52. The highest BCUT2D eigenvalue weighted by molar-refractivity contribution is 7.94. The molecule has 0 aliphatic carbocycles. The van der Waals surface area contributed by atoms with Gasteiger partial charge >= 0.3 is 0 Å². The third-order valence-corrected chi connectivity index (χ3v) is 4.75. The van der Waals surface area contributed by atoms with Gasteiger partial charge in [-0.05, 0) is 48.2 Å². The molecule has 0 fully saturated rings. The fourth-order valence-corrected chi connectivity index (χ4v) is 3.40. The van der Waals surface area contributed by atoms with Gasteiger partial charge in [-0.25, -0.2) is 8.42 Å². The molecule has 0 unspecified atom stereocenters. The van der Waals surface area contributed by atoms with Gasteiger partial charge in [0.1, 0.15) is 10.1 Å². The molecule has 0 aliphatic rings. The van der Waals surface area contributed by atoms with Crippen LogP contribution in [0.25, 0.3) is 12.2 Å². The van der Waals surface area contributed by atoms with Gasteiger partial charge in [0.2, 0.25) is 0 Å². The van der Waals surface area contributed by atoms with Crippen molar-refractivity contribution in [3.8, 4) is 0 Å². The Morgan fingerprint density at radius 2 is 1.58 bits per heavy atom. The van der Waals surface area contributed by atoms with Crippen molar-refractivity contribution in [2.75, 3.05) is 0 Å². The monoisotopic (exact) mass is 366 g/mol. The van der Waals surface area contributed by atoms with Crippen LogP contribution in [0.1, 0.15) is 22.3 Å². The van der Waals surface area contributed by atoms with Crippen LogP contribution in [0.4, 0.5) is 0 Å². The fraction of sp³-hybridized carbons (Fsp3) is 0.125. The molecule has 0 saturated heterocycles. The van der Waals surface area contributed by atoms with Gasteiger partial charge < -0.3 is 9.81 Å². The maximum atomic E-state index is 11.4. The number of hydrogen-bond donors (Lipinski definition) is 0. The molecule has 2 aromatic rings. The summed E-state index contributed by atoms with van der Waals surface area (Å²) in [6, 6.07) is 10.0. The van der Waals surface area contributed by atoms with E-state index in [0.29, 0.717) is 16.0 Å². The van der Waals surface area contributed by atoms with Crippen LogP contribution in [0, 0.1) is 13.8 Å². The van der Waals surface area contributed by atoms with Crippen LogP contribution < -0.4 is 5.26 Å². The second kappa shape index (κ2) is 7.93. The first-order chi connectivity index (χ1) is 11.3. The summed E-state index contributed by atoms with van der Waals surface area (Å²) in [6.07, 6.45) is 3.16. The van der Waals surface area contributed by atoms with E-state index in [1.54, 1.807) is 37.3 Å². The number of benzene rings is 2. The number of hydrogen-bond acceptors (Lipinski definition) is 7. The van der Waals surface area contributed by atoms with Crippen LogP contribution in [0.15, 0.2) is 46.2 Å². The smallest absolute Gasteiger partial charge is 0.125 e. The Labute approximate surface area is 144 Å². The zero-order valence-electron chi connectivity index (χ0n) is 12.9. The van der Waals surface area contributed by atoms with Crippen molar-refractivity contribution >= 4 is 34.3 Å². The van der Waals surface area contributed by atoms with Gasteiger partial charge in [-0.2, -0.15) is 4.33 Å². The molecule has 0 aromatic heterocycles. The van der Waals surface area contributed by atoms with Crippen molar-refractivity contribution < 1.29 is 27.6 Å². The summed E-state index contributed by atoms with van der Waals surface area (Å²) >= 11 is 0.743. The minimum Gasteiger partial charge on any atom is -0.744 e. The summed E-state index contributed by atoms with van der Waals surface area (Å²) in [5.74, 6) is 0. The molecule has 0 spiro atoms. The van der Waals surface area contributed by atoms with Gasteiger partial charge in [-0.3, -0.25) is 5.04 Å². The van der Waals surface area contributed by atoms with Crippen LogP contribution in [-0.2, 0) is 19.5 Å². The van der Waals surface area contributed by atoms with E-state index in [0.717, 1.165) is 17.6 Å². The van der Waals surface area contributed by atoms with Gasteiger partial charge in [0.05, 0.1) is 16.9 Å².